The highest BCUT2D eigenvalue weighted by molar-refractivity contribution is 7.98. The molecular weight excluding hydrogens is 320 g/mol. The number of amides is 1. The van der Waals surface area contributed by atoms with E-state index in [-0.39, 0.29) is 23.9 Å². The first-order valence-corrected chi connectivity index (χ1v) is 8.64. The monoisotopic (exact) mass is 344 g/mol. The van der Waals surface area contributed by atoms with Gasteiger partial charge in [0.25, 0.3) is 5.91 Å². The van der Waals surface area contributed by atoms with Crippen molar-refractivity contribution in [1.82, 2.24) is 5.32 Å². The third-order valence-electron chi connectivity index (χ3n) is 4.08. The number of benzene rings is 1. The Bertz CT molecular complexity index is 476. The Morgan fingerprint density at radius 2 is 1.95 bits per heavy atom. The standard InChI is InChI=1S/C16H24N2O2S.ClH/c1-12(20-13-5-7-14(21-2)8-6-13)15(19)18-16(11-17)9-3-4-10-16;/h5-8,12H,3-4,9-11,17H2,1-2H3,(H,18,19);1H. The molecule has 0 radical (unpaired) electrons. The molecule has 1 aliphatic carbocycles. The van der Waals surface area contributed by atoms with E-state index in [1.807, 2.05) is 30.5 Å². The van der Waals surface area contributed by atoms with Crippen molar-refractivity contribution < 1.29 is 9.53 Å². The van der Waals surface area contributed by atoms with E-state index in [9.17, 15) is 4.79 Å². The van der Waals surface area contributed by atoms with E-state index < -0.39 is 6.10 Å². The van der Waals surface area contributed by atoms with Gasteiger partial charge in [-0.3, -0.25) is 4.79 Å². The predicted molar refractivity (Wildman–Crippen MR) is 94.0 cm³/mol. The number of halogens is 1. The summed E-state index contributed by atoms with van der Waals surface area (Å²) < 4.78 is 5.71. The molecule has 1 amide bonds. The second kappa shape index (κ2) is 8.65. The summed E-state index contributed by atoms with van der Waals surface area (Å²) in [5, 5.41) is 3.09. The third kappa shape index (κ3) is 4.80. The lowest BCUT2D eigenvalue weighted by molar-refractivity contribution is -0.129. The van der Waals surface area contributed by atoms with Gasteiger partial charge >= 0.3 is 0 Å². The van der Waals surface area contributed by atoms with E-state index in [0.717, 1.165) is 25.7 Å². The molecule has 1 atom stereocenters. The lowest BCUT2D eigenvalue weighted by Gasteiger charge is -2.30. The second-order valence-electron chi connectivity index (χ2n) is 5.62. The summed E-state index contributed by atoms with van der Waals surface area (Å²) in [7, 11) is 0. The molecule has 124 valence electrons. The van der Waals surface area contributed by atoms with Gasteiger partial charge in [-0.2, -0.15) is 0 Å². The van der Waals surface area contributed by atoms with Crippen LogP contribution in [0.15, 0.2) is 29.2 Å². The number of rotatable bonds is 6. The number of thioether (sulfide) groups is 1. The lowest BCUT2D eigenvalue weighted by Crippen LogP contribution is -2.54. The van der Waals surface area contributed by atoms with Crippen LogP contribution in [0, 0.1) is 0 Å². The maximum absolute atomic E-state index is 12.3. The van der Waals surface area contributed by atoms with Gasteiger partial charge in [0.2, 0.25) is 0 Å². The average molecular weight is 345 g/mol. The highest BCUT2D eigenvalue weighted by atomic mass is 35.5. The van der Waals surface area contributed by atoms with Gasteiger partial charge in [0, 0.05) is 11.4 Å². The fourth-order valence-electron chi connectivity index (χ4n) is 2.71. The molecule has 0 aromatic heterocycles. The maximum Gasteiger partial charge on any atom is 0.261 e. The summed E-state index contributed by atoms with van der Waals surface area (Å²) in [5.74, 6) is 0.625. The van der Waals surface area contributed by atoms with E-state index >= 15 is 0 Å². The van der Waals surface area contributed by atoms with E-state index in [1.165, 1.54) is 4.90 Å². The number of carbonyl (C=O) groups is 1. The number of nitrogens with one attached hydrogen (secondary N) is 1. The first-order chi connectivity index (χ1) is 10.1. The number of ether oxygens (including phenoxy) is 1. The molecular formula is C16H25ClN2O2S. The molecule has 0 aliphatic heterocycles. The Balaban J connectivity index is 0.00000242. The van der Waals surface area contributed by atoms with Gasteiger partial charge in [-0.05, 0) is 50.3 Å². The Labute approximate surface area is 143 Å². The van der Waals surface area contributed by atoms with Crippen LogP contribution in [0.4, 0.5) is 0 Å². The van der Waals surface area contributed by atoms with Gasteiger partial charge in [0.1, 0.15) is 5.75 Å². The van der Waals surface area contributed by atoms with Crippen LogP contribution in [0.1, 0.15) is 32.6 Å². The molecule has 0 heterocycles. The number of hydrogen-bond acceptors (Lipinski definition) is 4. The van der Waals surface area contributed by atoms with E-state index in [4.69, 9.17) is 10.5 Å². The normalized spacial score (nSPS) is 17.4. The summed E-state index contributed by atoms with van der Waals surface area (Å²) >= 11 is 1.68. The van der Waals surface area contributed by atoms with Gasteiger partial charge in [-0.25, -0.2) is 0 Å². The van der Waals surface area contributed by atoms with Crippen LogP contribution in [-0.4, -0.2) is 30.4 Å². The molecule has 2 rings (SSSR count). The zero-order valence-corrected chi connectivity index (χ0v) is 14.8. The van der Waals surface area contributed by atoms with Crippen molar-refractivity contribution in [2.24, 2.45) is 5.73 Å². The van der Waals surface area contributed by atoms with Crippen molar-refractivity contribution in [3.05, 3.63) is 24.3 Å². The van der Waals surface area contributed by atoms with E-state index in [1.54, 1.807) is 18.7 Å². The molecule has 22 heavy (non-hydrogen) atoms. The van der Waals surface area contributed by atoms with Crippen molar-refractivity contribution in [2.45, 2.75) is 49.1 Å². The highest BCUT2D eigenvalue weighted by Crippen LogP contribution is 2.29. The number of nitrogens with two attached hydrogens (primary N) is 1. The first-order valence-electron chi connectivity index (χ1n) is 7.41. The van der Waals surface area contributed by atoms with Gasteiger partial charge < -0.3 is 15.8 Å². The summed E-state index contributed by atoms with van der Waals surface area (Å²) in [6.07, 6.45) is 5.69. The quantitative estimate of drug-likeness (QED) is 0.779. The summed E-state index contributed by atoms with van der Waals surface area (Å²) in [6.45, 7) is 2.27. The average Bonchev–Trinajstić information content (AvgIpc) is 2.97. The summed E-state index contributed by atoms with van der Waals surface area (Å²) in [4.78, 5) is 13.5. The molecule has 1 aliphatic rings. The van der Waals surface area contributed by atoms with Gasteiger partial charge in [-0.15, -0.1) is 24.2 Å². The lowest BCUT2D eigenvalue weighted by atomic mass is 9.97. The van der Waals surface area contributed by atoms with Crippen LogP contribution >= 0.6 is 24.2 Å². The van der Waals surface area contributed by atoms with Crippen molar-refractivity contribution in [3.8, 4) is 5.75 Å². The molecule has 1 saturated carbocycles. The fourth-order valence-corrected chi connectivity index (χ4v) is 3.12. The van der Waals surface area contributed by atoms with Crippen molar-refractivity contribution in [3.63, 3.8) is 0 Å². The van der Waals surface area contributed by atoms with Crippen LogP contribution in [-0.2, 0) is 4.79 Å². The largest absolute Gasteiger partial charge is 0.481 e. The van der Waals surface area contributed by atoms with E-state index in [2.05, 4.69) is 5.32 Å². The molecule has 0 spiro atoms. The zero-order chi connectivity index (χ0) is 15.3. The molecule has 1 aromatic rings. The molecule has 1 aromatic carbocycles. The van der Waals surface area contributed by atoms with Crippen LogP contribution in [0.2, 0.25) is 0 Å². The summed E-state index contributed by atoms with van der Waals surface area (Å²) in [5.41, 5.74) is 5.62. The van der Waals surface area contributed by atoms with Crippen LogP contribution in [0.5, 0.6) is 5.75 Å². The minimum absolute atomic E-state index is 0. The maximum atomic E-state index is 12.3. The number of carbonyl (C=O) groups excluding carboxylic acids is 1. The van der Waals surface area contributed by atoms with Gasteiger partial charge in [-0.1, -0.05) is 12.8 Å². The van der Waals surface area contributed by atoms with Crippen LogP contribution < -0.4 is 15.8 Å². The molecule has 4 nitrogen and oxygen atoms in total. The minimum atomic E-state index is -0.519. The Kier molecular flexibility index (Phi) is 7.53. The first kappa shape index (κ1) is 19.1. The van der Waals surface area contributed by atoms with Gasteiger partial charge in [0.05, 0.1) is 5.54 Å². The molecule has 6 heteroatoms. The number of hydrogen-bond donors (Lipinski definition) is 2. The zero-order valence-electron chi connectivity index (χ0n) is 13.1. The fraction of sp³-hybridized carbons (Fsp3) is 0.562. The predicted octanol–water partition coefficient (Wildman–Crippen LogP) is 2.99. The smallest absolute Gasteiger partial charge is 0.261 e. The van der Waals surface area contributed by atoms with Crippen molar-refractivity contribution >= 4 is 30.1 Å². The van der Waals surface area contributed by atoms with Crippen LogP contribution in [0.25, 0.3) is 0 Å². The minimum Gasteiger partial charge on any atom is -0.481 e. The van der Waals surface area contributed by atoms with Crippen molar-refractivity contribution in [2.75, 3.05) is 12.8 Å². The second-order valence-corrected chi connectivity index (χ2v) is 6.50. The van der Waals surface area contributed by atoms with Crippen LogP contribution in [0.3, 0.4) is 0 Å². The topological polar surface area (TPSA) is 64.3 Å². The third-order valence-corrected chi connectivity index (χ3v) is 4.82. The molecule has 0 bridgehead atoms. The Morgan fingerprint density at radius 3 is 2.45 bits per heavy atom. The van der Waals surface area contributed by atoms with E-state index in [0.29, 0.717) is 12.3 Å². The SMILES string of the molecule is CSc1ccc(OC(C)C(=O)NC2(CN)CCCC2)cc1.Cl. The Hall–Kier alpha value is -0.910. The molecule has 0 saturated heterocycles. The van der Waals surface area contributed by atoms with Crippen molar-refractivity contribution in [1.29, 1.82) is 0 Å². The Morgan fingerprint density at radius 1 is 1.36 bits per heavy atom. The molecule has 1 fully saturated rings. The van der Waals surface area contributed by atoms with Gasteiger partial charge in [0.15, 0.2) is 6.10 Å². The summed E-state index contributed by atoms with van der Waals surface area (Å²) in [6, 6.07) is 7.76. The highest BCUT2D eigenvalue weighted by Gasteiger charge is 2.35. The molecule has 1 unspecified atom stereocenters. The molecule has 3 N–H and O–H groups in total.